The van der Waals surface area contributed by atoms with Gasteiger partial charge in [-0.15, -0.1) is 0 Å². The molecule has 2 aliphatic rings. The van der Waals surface area contributed by atoms with E-state index in [4.69, 9.17) is 0 Å². The number of hydrogen-bond donors (Lipinski definition) is 0. The number of fused-ring (bicyclic) bond motifs is 2. The summed E-state index contributed by atoms with van der Waals surface area (Å²) in [5.74, 6) is 0.916. The molecule has 10 heavy (non-hydrogen) atoms. The van der Waals surface area contributed by atoms with E-state index in [2.05, 4.69) is 11.8 Å². The normalized spacial score (nSPS) is 39.5. The molecule has 2 unspecified atom stereocenters. The van der Waals surface area contributed by atoms with E-state index in [1.54, 1.807) is 0 Å². The summed E-state index contributed by atoms with van der Waals surface area (Å²) in [6.45, 7) is 4.33. The summed E-state index contributed by atoms with van der Waals surface area (Å²) in [7, 11) is 0. The van der Waals surface area contributed by atoms with E-state index in [9.17, 15) is 4.79 Å². The monoisotopic (exact) mass is 139 g/mol. The van der Waals surface area contributed by atoms with Crippen LogP contribution in [0, 0.1) is 5.92 Å². The summed E-state index contributed by atoms with van der Waals surface area (Å²) < 4.78 is 0. The maximum Gasteiger partial charge on any atom is 0.138 e. The highest BCUT2D eigenvalue weighted by molar-refractivity contribution is 5.85. The highest BCUT2D eigenvalue weighted by Gasteiger charge is 2.42. The molecule has 0 spiro atoms. The van der Waals surface area contributed by atoms with Gasteiger partial charge in [-0.25, -0.2) is 0 Å². The van der Waals surface area contributed by atoms with Crippen LogP contribution in [0.15, 0.2) is 0 Å². The van der Waals surface area contributed by atoms with Crippen LogP contribution in [0.3, 0.4) is 0 Å². The number of Topliss-reactive ketones (excluding diaryl/α,β-unsaturated/α-hetero) is 1. The van der Waals surface area contributed by atoms with Gasteiger partial charge < -0.3 is 0 Å². The number of likely N-dealkylation sites (tertiary alicyclic amines) is 1. The molecule has 0 radical (unpaired) electrons. The van der Waals surface area contributed by atoms with Crippen LogP contribution in [-0.4, -0.2) is 29.8 Å². The Morgan fingerprint density at radius 1 is 1.70 bits per heavy atom. The van der Waals surface area contributed by atoms with Crippen molar-refractivity contribution < 1.29 is 4.79 Å². The second-order valence-corrected chi connectivity index (χ2v) is 3.34. The fraction of sp³-hybridized carbons (Fsp3) is 0.875. The molecule has 2 bridgehead atoms. The third-order valence-electron chi connectivity index (χ3n) is 2.83. The molecule has 1 aliphatic heterocycles. The van der Waals surface area contributed by atoms with Gasteiger partial charge in [-0.3, -0.25) is 9.69 Å². The molecule has 2 atom stereocenters. The third kappa shape index (κ3) is 0.717. The van der Waals surface area contributed by atoms with Crippen LogP contribution >= 0.6 is 0 Å². The van der Waals surface area contributed by atoms with Crippen LogP contribution in [0.5, 0.6) is 0 Å². The zero-order chi connectivity index (χ0) is 7.14. The fourth-order valence-electron chi connectivity index (χ4n) is 2.22. The molecule has 1 saturated heterocycles. The summed E-state index contributed by atoms with van der Waals surface area (Å²) in [5, 5.41) is 0. The molecule has 0 amide bonds. The molecule has 1 aliphatic carbocycles. The Morgan fingerprint density at radius 2 is 2.50 bits per heavy atom. The lowest BCUT2D eigenvalue weighted by Gasteiger charge is -2.23. The fourth-order valence-corrected chi connectivity index (χ4v) is 2.22. The zero-order valence-electron chi connectivity index (χ0n) is 6.34. The molecule has 56 valence electrons. The van der Waals surface area contributed by atoms with Crippen LogP contribution in [0.4, 0.5) is 0 Å². The molecule has 2 rings (SSSR count). The number of hydrogen-bond acceptors (Lipinski definition) is 2. The maximum absolute atomic E-state index is 11.1. The number of piperidine rings is 1. The van der Waals surface area contributed by atoms with Gasteiger partial charge in [0, 0.05) is 24.9 Å². The van der Waals surface area contributed by atoms with E-state index < -0.39 is 0 Å². The van der Waals surface area contributed by atoms with Crippen LogP contribution in [-0.2, 0) is 4.79 Å². The first-order valence-electron chi connectivity index (χ1n) is 4.08. The predicted octanol–water partition coefficient (Wildman–Crippen LogP) is 0.670. The molecule has 2 nitrogen and oxygen atoms in total. The number of ketones is 1. The number of nitrogens with zero attached hydrogens (tertiary/aromatic N) is 1. The van der Waals surface area contributed by atoms with Gasteiger partial charge in [0.05, 0.1) is 0 Å². The van der Waals surface area contributed by atoms with E-state index >= 15 is 0 Å². The average Bonchev–Trinajstić information content (AvgIpc) is 2.44. The van der Waals surface area contributed by atoms with Crippen molar-refractivity contribution in [3.8, 4) is 0 Å². The quantitative estimate of drug-likeness (QED) is 0.532. The Labute approximate surface area is 61.2 Å². The number of carbonyl (C=O) groups excluding carboxylic acids is 1. The van der Waals surface area contributed by atoms with Crippen LogP contribution in [0.2, 0.25) is 0 Å². The van der Waals surface area contributed by atoms with Crippen molar-refractivity contribution in [3.05, 3.63) is 0 Å². The Hall–Kier alpha value is -0.370. The molecular formula is C8H13NO. The molecule has 0 N–H and O–H groups in total. The predicted molar refractivity (Wildman–Crippen MR) is 38.8 cm³/mol. The van der Waals surface area contributed by atoms with E-state index in [-0.39, 0.29) is 0 Å². The minimum atomic E-state index is 0.407. The minimum Gasteiger partial charge on any atom is -0.299 e. The second kappa shape index (κ2) is 2.06. The molecule has 0 aromatic rings. The van der Waals surface area contributed by atoms with Gasteiger partial charge in [0.1, 0.15) is 5.78 Å². The second-order valence-electron chi connectivity index (χ2n) is 3.34. The summed E-state index contributed by atoms with van der Waals surface area (Å²) in [4.78, 5) is 13.5. The topological polar surface area (TPSA) is 20.3 Å². The summed E-state index contributed by atoms with van der Waals surface area (Å²) in [6.07, 6.45) is 1.98. The van der Waals surface area contributed by atoms with Crippen molar-refractivity contribution in [3.63, 3.8) is 0 Å². The Balaban J connectivity index is 2.09. The first kappa shape index (κ1) is 6.35. The third-order valence-corrected chi connectivity index (χ3v) is 2.83. The SMILES string of the molecule is CCN1CC2CC1CC2=O. The van der Waals surface area contributed by atoms with Crippen molar-refractivity contribution in [1.82, 2.24) is 4.90 Å². The first-order chi connectivity index (χ1) is 4.81. The lowest BCUT2D eigenvalue weighted by molar-refractivity contribution is -0.122. The highest BCUT2D eigenvalue weighted by Crippen LogP contribution is 2.34. The molecule has 2 heteroatoms. The Kier molecular flexibility index (Phi) is 1.31. The van der Waals surface area contributed by atoms with Gasteiger partial charge in [-0.2, -0.15) is 0 Å². The largest absolute Gasteiger partial charge is 0.299 e. The zero-order valence-corrected chi connectivity index (χ0v) is 6.34. The Bertz CT molecular complexity index is 167. The summed E-state index contributed by atoms with van der Waals surface area (Å²) in [6, 6.07) is 0.613. The standard InChI is InChI=1S/C8H13NO/c1-2-9-5-6-3-7(9)4-8(6)10/h6-7H,2-5H2,1H3. The van der Waals surface area contributed by atoms with Crippen LogP contribution in [0.25, 0.3) is 0 Å². The van der Waals surface area contributed by atoms with Crippen LogP contribution in [0.1, 0.15) is 19.8 Å². The van der Waals surface area contributed by atoms with E-state index in [0.29, 0.717) is 17.7 Å². The highest BCUT2D eigenvalue weighted by atomic mass is 16.1. The molecule has 2 fully saturated rings. The lowest BCUT2D eigenvalue weighted by atomic mass is 10.1. The molecule has 0 aromatic carbocycles. The molecule has 1 saturated carbocycles. The number of rotatable bonds is 1. The molecule has 1 heterocycles. The van der Waals surface area contributed by atoms with Crippen molar-refractivity contribution in [2.24, 2.45) is 5.92 Å². The summed E-state index contributed by atoms with van der Waals surface area (Å²) in [5.41, 5.74) is 0. The number of carbonyl (C=O) groups is 1. The van der Waals surface area contributed by atoms with Gasteiger partial charge in [0.15, 0.2) is 0 Å². The van der Waals surface area contributed by atoms with Gasteiger partial charge in [0.25, 0.3) is 0 Å². The maximum atomic E-state index is 11.1. The van der Waals surface area contributed by atoms with Gasteiger partial charge in [-0.1, -0.05) is 6.92 Å². The van der Waals surface area contributed by atoms with Crippen molar-refractivity contribution in [2.45, 2.75) is 25.8 Å². The van der Waals surface area contributed by atoms with Crippen molar-refractivity contribution in [2.75, 3.05) is 13.1 Å². The van der Waals surface area contributed by atoms with Gasteiger partial charge in [-0.05, 0) is 13.0 Å². The summed E-state index contributed by atoms with van der Waals surface area (Å²) >= 11 is 0. The smallest absolute Gasteiger partial charge is 0.138 e. The Morgan fingerprint density at radius 3 is 2.90 bits per heavy atom. The minimum absolute atomic E-state index is 0.407. The molecule has 0 aromatic heterocycles. The van der Waals surface area contributed by atoms with Gasteiger partial charge in [0.2, 0.25) is 0 Å². The average molecular weight is 139 g/mol. The van der Waals surface area contributed by atoms with Gasteiger partial charge >= 0.3 is 0 Å². The van der Waals surface area contributed by atoms with Crippen molar-refractivity contribution in [1.29, 1.82) is 0 Å². The first-order valence-corrected chi connectivity index (χ1v) is 4.08. The van der Waals surface area contributed by atoms with Crippen molar-refractivity contribution >= 4 is 5.78 Å². The lowest BCUT2D eigenvalue weighted by Crippen LogP contribution is -2.35. The molecular weight excluding hydrogens is 126 g/mol. The van der Waals surface area contributed by atoms with E-state index in [1.807, 2.05) is 0 Å². The van der Waals surface area contributed by atoms with Crippen LogP contribution < -0.4 is 0 Å². The van der Waals surface area contributed by atoms with E-state index in [1.165, 1.54) is 0 Å². The van der Waals surface area contributed by atoms with E-state index in [0.717, 1.165) is 25.9 Å².